The first-order chi connectivity index (χ1) is 11.6. The van der Waals surface area contributed by atoms with Crippen molar-refractivity contribution >= 4 is 44.6 Å². The molecule has 0 bridgehead atoms. The second-order valence-electron chi connectivity index (χ2n) is 4.94. The SMILES string of the molecule is COc1cc(NS(=O)(=O)c2cc(Cl)cc(Cl)c2O)c(C)cc1[N+](=O)[O-]. The highest BCUT2D eigenvalue weighted by molar-refractivity contribution is 7.92. The number of nitro benzene ring substituents is 1. The lowest BCUT2D eigenvalue weighted by Gasteiger charge is -2.14. The summed E-state index contributed by atoms with van der Waals surface area (Å²) >= 11 is 11.5. The molecule has 0 saturated heterocycles. The van der Waals surface area contributed by atoms with E-state index in [1.54, 1.807) is 0 Å². The molecule has 0 spiro atoms. The van der Waals surface area contributed by atoms with E-state index >= 15 is 0 Å². The summed E-state index contributed by atoms with van der Waals surface area (Å²) in [5, 5.41) is 20.7. The molecular weight excluding hydrogens is 395 g/mol. The molecule has 0 aliphatic carbocycles. The summed E-state index contributed by atoms with van der Waals surface area (Å²) in [7, 11) is -3.04. The molecule has 0 fully saturated rings. The Labute approximate surface area is 153 Å². The lowest BCUT2D eigenvalue weighted by Crippen LogP contribution is -2.14. The van der Waals surface area contributed by atoms with Gasteiger partial charge in [-0.2, -0.15) is 0 Å². The Kier molecular flexibility index (Phi) is 5.31. The second kappa shape index (κ2) is 6.95. The summed E-state index contributed by atoms with van der Waals surface area (Å²) in [5.74, 6) is -0.785. The molecule has 0 atom stereocenters. The Morgan fingerprint density at radius 3 is 2.44 bits per heavy atom. The van der Waals surface area contributed by atoms with Crippen molar-refractivity contribution in [1.29, 1.82) is 0 Å². The molecule has 0 heterocycles. The summed E-state index contributed by atoms with van der Waals surface area (Å²) in [4.78, 5) is 9.82. The van der Waals surface area contributed by atoms with Gasteiger partial charge in [0.25, 0.3) is 10.0 Å². The van der Waals surface area contributed by atoms with Gasteiger partial charge < -0.3 is 9.84 Å². The molecule has 2 aromatic carbocycles. The maximum absolute atomic E-state index is 12.5. The highest BCUT2D eigenvalue weighted by Crippen LogP contribution is 2.37. The number of phenolic OH excluding ortho intramolecular Hbond substituents is 1. The fraction of sp³-hybridized carbons (Fsp3) is 0.143. The van der Waals surface area contributed by atoms with Crippen molar-refractivity contribution in [2.45, 2.75) is 11.8 Å². The molecule has 0 saturated carbocycles. The van der Waals surface area contributed by atoms with E-state index in [4.69, 9.17) is 27.9 Å². The van der Waals surface area contributed by atoms with Crippen LogP contribution in [0, 0.1) is 17.0 Å². The number of hydrogen-bond acceptors (Lipinski definition) is 6. The number of anilines is 1. The van der Waals surface area contributed by atoms with Crippen LogP contribution >= 0.6 is 23.2 Å². The standard InChI is InChI=1S/C14H12Cl2N2O6S/c1-7-3-11(18(20)21)12(24-2)6-10(7)17-25(22,23)13-5-8(15)4-9(16)14(13)19/h3-6,17,19H,1-2H3. The van der Waals surface area contributed by atoms with E-state index < -0.39 is 25.6 Å². The fourth-order valence-corrected chi connectivity index (χ4v) is 3.92. The van der Waals surface area contributed by atoms with Gasteiger partial charge in [0.15, 0.2) is 11.5 Å². The number of nitrogens with one attached hydrogen (secondary N) is 1. The predicted molar refractivity (Wildman–Crippen MR) is 93.3 cm³/mol. The molecule has 0 amide bonds. The third kappa shape index (κ3) is 3.89. The molecule has 0 aromatic heterocycles. The topological polar surface area (TPSA) is 119 Å². The van der Waals surface area contributed by atoms with E-state index in [0.717, 1.165) is 6.07 Å². The number of nitrogens with zero attached hydrogens (tertiary/aromatic N) is 1. The second-order valence-corrected chi connectivity index (χ2v) is 7.43. The molecule has 0 unspecified atom stereocenters. The van der Waals surface area contributed by atoms with Gasteiger partial charge in [-0.05, 0) is 24.6 Å². The first-order valence-corrected chi connectivity index (χ1v) is 8.84. The van der Waals surface area contributed by atoms with Gasteiger partial charge in [0, 0.05) is 17.2 Å². The number of ether oxygens (including phenoxy) is 1. The van der Waals surface area contributed by atoms with E-state index in [0.29, 0.717) is 0 Å². The zero-order chi connectivity index (χ0) is 18.9. The average Bonchev–Trinajstić information content (AvgIpc) is 2.51. The molecule has 25 heavy (non-hydrogen) atoms. The summed E-state index contributed by atoms with van der Waals surface area (Å²) < 4.78 is 32.2. The number of aromatic hydroxyl groups is 1. The van der Waals surface area contributed by atoms with E-state index in [2.05, 4.69) is 4.72 Å². The third-order valence-corrected chi connectivity index (χ3v) is 5.13. The van der Waals surface area contributed by atoms with E-state index in [1.165, 1.54) is 32.2 Å². The van der Waals surface area contributed by atoms with E-state index in [9.17, 15) is 23.6 Å². The zero-order valence-electron chi connectivity index (χ0n) is 12.9. The minimum absolute atomic E-state index is 0.0150. The van der Waals surface area contributed by atoms with Crippen LogP contribution in [-0.2, 0) is 10.0 Å². The minimum Gasteiger partial charge on any atom is -0.505 e. The maximum atomic E-state index is 12.5. The molecule has 2 aromatic rings. The molecule has 8 nitrogen and oxygen atoms in total. The van der Waals surface area contributed by atoms with Crippen LogP contribution in [0.2, 0.25) is 10.0 Å². The highest BCUT2D eigenvalue weighted by Gasteiger charge is 2.24. The van der Waals surface area contributed by atoms with Gasteiger partial charge in [-0.1, -0.05) is 23.2 Å². The van der Waals surface area contributed by atoms with E-state index in [1.807, 2.05) is 0 Å². The van der Waals surface area contributed by atoms with Crippen molar-refractivity contribution in [2.75, 3.05) is 11.8 Å². The van der Waals surface area contributed by atoms with Crippen molar-refractivity contribution in [2.24, 2.45) is 0 Å². The quantitative estimate of drug-likeness (QED) is 0.576. The molecule has 0 aliphatic heterocycles. The van der Waals surface area contributed by atoms with Crippen LogP contribution in [0.5, 0.6) is 11.5 Å². The summed E-state index contributed by atoms with van der Waals surface area (Å²) in [6.45, 7) is 1.48. The van der Waals surface area contributed by atoms with Crippen LogP contribution in [0.15, 0.2) is 29.2 Å². The van der Waals surface area contributed by atoms with Gasteiger partial charge in [0.05, 0.1) is 22.7 Å². The van der Waals surface area contributed by atoms with E-state index in [-0.39, 0.29) is 32.7 Å². The predicted octanol–water partition coefficient (Wildman–Crippen LogP) is 3.73. The van der Waals surface area contributed by atoms with Gasteiger partial charge >= 0.3 is 5.69 Å². The number of benzene rings is 2. The first-order valence-electron chi connectivity index (χ1n) is 6.60. The maximum Gasteiger partial charge on any atom is 0.311 e. The van der Waals surface area contributed by atoms with Crippen molar-refractivity contribution in [1.82, 2.24) is 0 Å². The van der Waals surface area contributed by atoms with Gasteiger partial charge in [-0.15, -0.1) is 0 Å². The number of halogens is 2. The molecule has 11 heteroatoms. The average molecular weight is 407 g/mol. The highest BCUT2D eigenvalue weighted by atomic mass is 35.5. The van der Waals surface area contributed by atoms with Crippen molar-refractivity contribution in [3.63, 3.8) is 0 Å². The number of sulfonamides is 1. The van der Waals surface area contributed by atoms with Gasteiger partial charge in [-0.3, -0.25) is 14.8 Å². The van der Waals surface area contributed by atoms with Crippen LogP contribution in [-0.4, -0.2) is 25.6 Å². The van der Waals surface area contributed by atoms with Crippen LogP contribution < -0.4 is 9.46 Å². The molecule has 0 radical (unpaired) electrons. The normalized spacial score (nSPS) is 11.2. The third-order valence-electron chi connectivity index (χ3n) is 3.25. The van der Waals surface area contributed by atoms with Crippen LogP contribution in [0.3, 0.4) is 0 Å². The molecule has 2 rings (SSSR count). The number of nitro groups is 1. The summed E-state index contributed by atoms with van der Waals surface area (Å²) in [6, 6.07) is 4.57. The van der Waals surface area contributed by atoms with Crippen molar-refractivity contribution in [3.8, 4) is 11.5 Å². The lowest BCUT2D eigenvalue weighted by atomic mass is 10.1. The lowest BCUT2D eigenvalue weighted by molar-refractivity contribution is -0.385. The number of phenols is 1. The number of methoxy groups -OCH3 is 1. The Balaban J connectivity index is 2.54. The van der Waals surface area contributed by atoms with Crippen LogP contribution in [0.25, 0.3) is 0 Å². The monoisotopic (exact) mass is 406 g/mol. The first kappa shape index (κ1) is 19.1. The van der Waals surface area contributed by atoms with Gasteiger partial charge in [0.1, 0.15) is 4.90 Å². The largest absolute Gasteiger partial charge is 0.505 e. The zero-order valence-corrected chi connectivity index (χ0v) is 15.2. The fourth-order valence-electron chi connectivity index (χ4n) is 2.04. The number of rotatable bonds is 5. The molecule has 2 N–H and O–H groups in total. The van der Waals surface area contributed by atoms with Crippen LogP contribution in [0.4, 0.5) is 11.4 Å². The Hall–Kier alpha value is -2.23. The summed E-state index contributed by atoms with van der Waals surface area (Å²) in [6.07, 6.45) is 0. The molecular formula is C14H12Cl2N2O6S. The smallest absolute Gasteiger partial charge is 0.311 e. The summed E-state index contributed by atoms with van der Waals surface area (Å²) in [5.41, 5.74) is 0.0123. The molecule has 0 aliphatic rings. The van der Waals surface area contributed by atoms with Crippen LogP contribution in [0.1, 0.15) is 5.56 Å². The minimum atomic E-state index is -4.26. The van der Waals surface area contributed by atoms with Crippen molar-refractivity contribution in [3.05, 3.63) is 50.0 Å². The number of hydrogen-bond donors (Lipinski definition) is 2. The Bertz CT molecular complexity index is 962. The Morgan fingerprint density at radius 2 is 1.88 bits per heavy atom. The van der Waals surface area contributed by atoms with Gasteiger partial charge in [0.2, 0.25) is 0 Å². The molecule has 134 valence electrons. The van der Waals surface area contributed by atoms with Crippen molar-refractivity contribution < 1.29 is 23.2 Å². The Morgan fingerprint density at radius 1 is 1.24 bits per heavy atom. The van der Waals surface area contributed by atoms with Gasteiger partial charge in [-0.25, -0.2) is 8.42 Å². The number of aryl methyl sites for hydroxylation is 1.